The van der Waals surface area contributed by atoms with E-state index >= 15 is 0 Å². The van der Waals surface area contributed by atoms with Crippen LogP contribution in [0.1, 0.15) is 22.8 Å². The number of ether oxygens (including phenoxy) is 3. The molecular formula is C20H25NO6S2. The number of nitrogens with zero attached hydrogens (tertiary/aromatic N) is 1. The van der Waals surface area contributed by atoms with Gasteiger partial charge >= 0.3 is 5.97 Å². The maximum absolute atomic E-state index is 13.5. The summed E-state index contributed by atoms with van der Waals surface area (Å²) in [6.07, 6.45) is 1.05. The minimum absolute atomic E-state index is 0.114. The molecule has 3 rings (SSSR count). The second-order valence-corrected chi connectivity index (χ2v) is 9.59. The molecule has 0 saturated carbocycles. The molecule has 9 heteroatoms. The number of methoxy groups -OCH3 is 3. The smallest absolute Gasteiger partial charge is 0.324 e. The summed E-state index contributed by atoms with van der Waals surface area (Å²) in [5.74, 6) is -0.356. The van der Waals surface area contributed by atoms with E-state index in [1.54, 1.807) is 30.6 Å². The molecule has 0 bridgehead atoms. The Kier molecular flexibility index (Phi) is 6.94. The zero-order valence-electron chi connectivity index (χ0n) is 16.7. The highest BCUT2D eigenvalue weighted by molar-refractivity contribution is 7.89. The standard InChI is InChI=1S/C20H25NO6S2/c1-25-12-9-17-16-10-13-28-18(16)8-11-21(19(17)20(22)27-3)29(23,24)15-6-4-14(26-2)5-7-15/h4-7,10,13,17,19H,8-9,11-12H2,1-3H3/t17-,19+/m0/s1. The van der Waals surface area contributed by atoms with Crippen molar-refractivity contribution in [3.05, 3.63) is 46.2 Å². The molecule has 29 heavy (non-hydrogen) atoms. The van der Waals surface area contributed by atoms with Gasteiger partial charge < -0.3 is 14.2 Å². The summed E-state index contributed by atoms with van der Waals surface area (Å²) in [6, 6.07) is 7.19. The van der Waals surface area contributed by atoms with Crippen molar-refractivity contribution < 1.29 is 27.4 Å². The minimum atomic E-state index is -3.93. The Morgan fingerprint density at radius 2 is 1.90 bits per heavy atom. The van der Waals surface area contributed by atoms with Crippen molar-refractivity contribution in [2.24, 2.45) is 0 Å². The lowest BCUT2D eigenvalue weighted by atomic mass is 9.89. The van der Waals surface area contributed by atoms with Gasteiger partial charge in [-0.2, -0.15) is 4.31 Å². The van der Waals surface area contributed by atoms with Gasteiger partial charge in [-0.3, -0.25) is 4.79 Å². The van der Waals surface area contributed by atoms with Crippen LogP contribution in [0.3, 0.4) is 0 Å². The van der Waals surface area contributed by atoms with Crippen molar-refractivity contribution in [3.63, 3.8) is 0 Å². The van der Waals surface area contributed by atoms with Crippen molar-refractivity contribution in [1.82, 2.24) is 4.31 Å². The highest BCUT2D eigenvalue weighted by Crippen LogP contribution is 2.38. The number of sulfonamides is 1. The van der Waals surface area contributed by atoms with Gasteiger partial charge in [0.15, 0.2) is 0 Å². The zero-order valence-corrected chi connectivity index (χ0v) is 18.3. The van der Waals surface area contributed by atoms with Crippen LogP contribution in [0.4, 0.5) is 0 Å². The molecule has 0 N–H and O–H groups in total. The lowest BCUT2D eigenvalue weighted by molar-refractivity contribution is -0.146. The van der Waals surface area contributed by atoms with E-state index in [1.165, 1.54) is 30.7 Å². The topological polar surface area (TPSA) is 82.1 Å². The number of carbonyl (C=O) groups is 1. The Balaban J connectivity index is 2.07. The Labute approximate surface area is 175 Å². The summed E-state index contributed by atoms with van der Waals surface area (Å²) >= 11 is 1.58. The van der Waals surface area contributed by atoms with E-state index < -0.39 is 22.0 Å². The van der Waals surface area contributed by atoms with Gasteiger partial charge in [-0.15, -0.1) is 11.3 Å². The van der Waals surface area contributed by atoms with Crippen LogP contribution in [0, 0.1) is 0 Å². The number of fused-ring (bicyclic) bond motifs is 1. The summed E-state index contributed by atoms with van der Waals surface area (Å²) < 4.78 is 43.7. The van der Waals surface area contributed by atoms with Gasteiger partial charge in [-0.25, -0.2) is 8.42 Å². The fourth-order valence-corrected chi connectivity index (χ4v) is 6.28. The molecule has 0 saturated heterocycles. The highest BCUT2D eigenvalue weighted by atomic mass is 32.2. The summed E-state index contributed by atoms with van der Waals surface area (Å²) in [5.41, 5.74) is 0.995. The van der Waals surface area contributed by atoms with E-state index in [4.69, 9.17) is 14.2 Å². The second-order valence-electron chi connectivity index (χ2n) is 6.70. The van der Waals surface area contributed by atoms with Crippen LogP contribution < -0.4 is 4.74 Å². The predicted octanol–water partition coefficient (Wildman–Crippen LogP) is 2.67. The number of esters is 1. The fraction of sp³-hybridized carbons (Fsp3) is 0.450. The molecule has 2 atom stereocenters. The number of rotatable bonds is 7. The van der Waals surface area contributed by atoms with Gasteiger partial charge in [-0.1, -0.05) is 0 Å². The molecule has 0 amide bonds. The molecule has 0 fully saturated rings. The van der Waals surface area contributed by atoms with Crippen LogP contribution in [-0.2, 0) is 30.7 Å². The number of thiophene rings is 1. The molecule has 0 aliphatic carbocycles. The Morgan fingerprint density at radius 3 is 2.52 bits per heavy atom. The van der Waals surface area contributed by atoms with E-state index in [9.17, 15) is 13.2 Å². The molecule has 2 aromatic rings. The molecule has 1 aliphatic heterocycles. The first-order valence-corrected chi connectivity index (χ1v) is 11.5. The fourth-order valence-electron chi connectivity index (χ4n) is 3.72. The number of benzene rings is 1. The predicted molar refractivity (Wildman–Crippen MR) is 110 cm³/mol. The first-order chi connectivity index (χ1) is 13.9. The lowest BCUT2D eigenvalue weighted by Crippen LogP contribution is -2.48. The number of hydrogen-bond donors (Lipinski definition) is 0. The first kappa shape index (κ1) is 21.8. The molecule has 0 unspecified atom stereocenters. The largest absolute Gasteiger partial charge is 0.497 e. The van der Waals surface area contributed by atoms with Crippen LogP contribution in [0.5, 0.6) is 5.75 Å². The molecule has 1 aliphatic rings. The third-order valence-electron chi connectivity index (χ3n) is 5.17. The van der Waals surface area contributed by atoms with E-state index in [0.29, 0.717) is 25.2 Å². The van der Waals surface area contributed by atoms with Crippen molar-refractivity contribution in [2.45, 2.75) is 29.7 Å². The van der Waals surface area contributed by atoms with Crippen LogP contribution >= 0.6 is 11.3 Å². The average molecular weight is 440 g/mol. The van der Waals surface area contributed by atoms with Gasteiger partial charge in [0, 0.05) is 31.1 Å². The van der Waals surface area contributed by atoms with E-state index in [1.807, 2.05) is 11.4 Å². The SMILES string of the molecule is COCC[C@H]1c2ccsc2CCN(S(=O)(=O)c2ccc(OC)cc2)[C@H]1C(=O)OC. The molecule has 2 heterocycles. The molecule has 7 nitrogen and oxygen atoms in total. The lowest BCUT2D eigenvalue weighted by Gasteiger charge is -2.32. The van der Waals surface area contributed by atoms with Crippen molar-refractivity contribution in [3.8, 4) is 5.75 Å². The van der Waals surface area contributed by atoms with E-state index in [2.05, 4.69) is 0 Å². The minimum Gasteiger partial charge on any atom is -0.497 e. The van der Waals surface area contributed by atoms with Gasteiger partial charge in [0.05, 0.1) is 19.1 Å². The maximum atomic E-state index is 13.5. The quantitative estimate of drug-likeness (QED) is 0.617. The van der Waals surface area contributed by atoms with Gasteiger partial charge in [0.1, 0.15) is 11.8 Å². The summed E-state index contributed by atoms with van der Waals surface area (Å²) in [6.45, 7) is 0.606. The Morgan fingerprint density at radius 1 is 1.17 bits per heavy atom. The summed E-state index contributed by atoms with van der Waals surface area (Å²) in [5, 5.41) is 1.98. The first-order valence-electron chi connectivity index (χ1n) is 9.23. The third-order valence-corrected chi connectivity index (χ3v) is 8.06. The Bertz CT molecular complexity index is 938. The van der Waals surface area contributed by atoms with Crippen LogP contribution in [-0.4, -0.2) is 59.2 Å². The summed E-state index contributed by atoms with van der Waals surface area (Å²) in [4.78, 5) is 14.0. The molecular weight excluding hydrogens is 414 g/mol. The summed E-state index contributed by atoms with van der Waals surface area (Å²) in [7, 11) is 0.463. The zero-order chi connectivity index (χ0) is 21.0. The van der Waals surface area contributed by atoms with E-state index in [-0.39, 0.29) is 17.4 Å². The van der Waals surface area contributed by atoms with E-state index in [0.717, 1.165) is 10.4 Å². The van der Waals surface area contributed by atoms with Gasteiger partial charge in [-0.05, 0) is 54.1 Å². The molecule has 0 spiro atoms. The normalized spacial score (nSPS) is 20.0. The third kappa shape index (κ3) is 4.32. The van der Waals surface area contributed by atoms with Gasteiger partial charge in [0.2, 0.25) is 10.0 Å². The highest BCUT2D eigenvalue weighted by Gasteiger charge is 2.44. The van der Waals surface area contributed by atoms with Crippen LogP contribution in [0.15, 0.2) is 40.6 Å². The molecule has 1 aromatic heterocycles. The van der Waals surface area contributed by atoms with Gasteiger partial charge in [0.25, 0.3) is 0 Å². The Hall–Kier alpha value is -1.94. The monoisotopic (exact) mass is 439 g/mol. The average Bonchev–Trinajstić information content (AvgIpc) is 3.14. The maximum Gasteiger partial charge on any atom is 0.324 e. The molecule has 158 valence electrons. The number of hydrogen-bond acceptors (Lipinski definition) is 7. The van der Waals surface area contributed by atoms with Crippen molar-refractivity contribution >= 4 is 27.3 Å². The number of carbonyl (C=O) groups excluding carboxylic acids is 1. The molecule has 0 radical (unpaired) electrons. The van der Waals surface area contributed by atoms with Crippen molar-refractivity contribution in [1.29, 1.82) is 0 Å². The van der Waals surface area contributed by atoms with Crippen molar-refractivity contribution in [2.75, 3.05) is 34.5 Å². The van der Waals surface area contributed by atoms with Crippen LogP contribution in [0.2, 0.25) is 0 Å². The second kappa shape index (κ2) is 9.25. The molecule has 1 aromatic carbocycles. The van der Waals surface area contributed by atoms with Crippen LogP contribution in [0.25, 0.3) is 0 Å².